The van der Waals surface area contributed by atoms with Gasteiger partial charge in [-0.15, -0.1) is 0 Å². The summed E-state index contributed by atoms with van der Waals surface area (Å²) in [5, 5.41) is 17.5. The van der Waals surface area contributed by atoms with Gasteiger partial charge in [0, 0.05) is 46.9 Å². The lowest BCUT2D eigenvalue weighted by Crippen LogP contribution is -2.22. The van der Waals surface area contributed by atoms with Crippen LogP contribution in [0.5, 0.6) is 0 Å². The van der Waals surface area contributed by atoms with Crippen molar-refractivity contribution in [2.24, 2.45) is 0 Å². The number of anilines is 2. The molecule has 0 saturated heterocycles. The molecule has 1 atom stereocenters. The second kappa shape index (κ2) is 8.22. The van der Waals surface area contributed by atoms with E-state index >= 15 is 0 Å². The van der Waals surface area contributed by atoms with Crippen LogP contribution in [0.4, 0.5) is 11.5 Å². The number of hydrogen-bond acceptors (Lipinski definition) is 5. The third-order valence-corrected chi connectivity index (χ3v) is 5.38. The molecule has 1 aliphatic heterocycles. The number of carbonyl (C=O) groups excluding carboxylic acids is 2. The molecular weight excluding hydrogens is 392 g/mol. The summed E-state index contributed by atoms with van der Waals surface area (Å²) in [5.74, 6) is 0.241. The van der Waals surface area contributed by atoms with E-state index in [1.54, 1.807) is 18.3 Å². The molecule has 1 aliphatic rings. The minimum absolute atomic E-state index is 0.0908. The number of pyridine rings is 1. The van der Waals surface area contributed by atoms with Gasteiger partial charge in [0.2, 0.25) is 0 Å². The fourth-order valence-electron chi connectivity index (χ4n) is 3.88. The van der Waals surface area contributed by atoms with Crippen LogP contribution in [0.2, 0.25) is 0 Å². The summed E-state index contributed by atoms with van der Waals surface area (Å²) < 4.78 is 2.01. The minimum Gasteiger partial charge on any atom is -0.367 e. The van der Waals surface area contributed by atoms with Crippen molar-refractivity contribution < 1.29 is 9.59 Å². The van der Waals surface area contributed by atoms with E-state index in [0.29, 0.717) is 34.9 Å². The van der Waals surface area contributed by atoms with Gasteiger partial charge >= 0.3 is 0 Å². The molecule has 2 amide bonds. The van der Waals surface area contributed by atoms with Crippen LogP contribution in [-0.2, 0) is 0 Å². The molecule has 31 heavy (non-hydrogen) atoms. The number of hydrogen-bond donors (Lipinski definition) is 4. The van der Waals surface area contributed by atoms with Crippen LogP contribution < -0.4 is 16.0 Å². The highest BCUT2D eigenvalue weighted by Crippen LogP contribution is 2.28. The maximum atomic E-state index is 12.9. The first-order valence-corrected chi connectivity index (χ1v) is 10.4. The highest BCUT2D eigenvalue weighted by atomic mass is 16.2. The van der Waals surface area contributed by atoms with Crippen LogP contribution in [0.3, 0.4) is 0 Å². The van der Waals surface area contributed by atoms with Gasteiger partial charge in [-0.3, -0.25) is 9.59 Å². The molecule has 4 N–H and O–H groups in total. The predicted octanol–water partition coefficient (Wildman–Crippen LogP) is 3.80. The molecule has 8 nitrogen and oxygen atoms in total. The zero-order valence-corrected chi connectivity index (χ0v) is 17.8. The Bertz CT molecular complexity index is 1180. The molecule has 0 aliphatic carbocycles. The molecule has 0 saturated carbocycles. The molecular formula is C23H26N6O2. The molecule has 3 heterocycles. The Hall–Kier alpha value is -3.68. The molecule has 2 aromatic heterocycles. The number of benzene rings is 1. The summed E-state index contributed by atoms with van der Waals surface area (Å²) in [5.41, 5.74) is 3.08. The molecule has 1 aromatic carbocycles. The molecule has 0 bridgehead atoms. The number of rotatable bonds is 5. The quantitative estimate of drug-likeness (QED) is 0.472. The summed E-state index contributed by atoms with van der Waals surface area (Å²) in [7, 11) is 0. The summed E-state index contributed by atoms with van der Waals surface area (Å²) in [6.45, 7) is 6.70. The van der Waals surface area contributed by atoms with Crippen molar-refractivity contribution in [2.75, 3.05) is 17.2 Å². The third kappa shape index (κ3) is 4.01. The molecule has 0 fully saturated rings. The van der Waals surface area contributed by atoms with E-state index in [1.807, 2.05) is 36.6 Å². The van der Waals surface area contributed by atoms with Crippen LogP contribution in [-0.4, -0.2) is 40.2 Å². The highest BCUT2D eigenvalue weighted by molar-refractivity contribution is 6.07. The Balaban J connectivity index is 1.64. The van der Waals surface area contributed by atoms with Crippen molar-refractivity contribution in [2.45, 2.75) is 39.3 Å². The van der Waals surface area contributed by atoms with Gasteiger partial charge in [0.1, 0.15) is 11.5 Å². The standard InChI is InChI=1S/C23H26N6O2/c1-13(2)27-21-17(11-24)8-18(12-26-21)28-22(30)16-5-4-15-9-20-23(31)25-7-6-14(3)29(20)19(15)10-16/h4-5,8-14,24H,6-7H2,1-3H3,(H,25,31)(H,26,27)(H,28,30). The van der Waals surface area contributed by atoms with Crippen LogP contribution in [0.15, 0.2) is 36.5 Å². The largest absolute Gasteiger partial charge is 0.367 e. The summed E-state index contributed by atoms with van der Waals surface area (Å²) >= 11 is 0. The lowest BCUT2D eigenvalue weighted by Gasteiger charge is -2.15. The van der Waals surface area contributed by atoms with Gasteiger partial charge in [-0.25, -0.2) is 4.98 Å². The highest BCUT2D eigenvalue weighted by Gasteiger charge is 2.23. The average molecular weight is 419 g/mol. The average Bonchev–Trinajstić information content (AvgIpc) is 3.06. The van der Waals surface area contributed by atoms with E-state index < -0.39 is 0 Å². The normalized spacial score (nSPS) is 15.9. The number of aromatic nitrogens is 2. The molecule has 3 aromatic rings. The smallest absolute Gasteiger partial charge is 0.267 e. The second-order valence-corrected chi connectivity index (χ2v) is 8.13. The van der Waals surface area contributed by atoms with Crippen molar-refractivity contribution in [1.82, 2.24) is 14.9 Å². The Morgan fingerprint density at radius 2 is 2.13 bits per heavy atom. The van der Waals surface area contributed by atoms with Crippen LogP contribution in [0, 0.1) is 5.41 Å². The zero-order valence-electron chi connectivity index (χ0n) is 17.8. The summed E-state index contributed by atoms with van der Waals surface area (Å²) in [4.78, 5) is 29.7. The Morgan fingerprint density at radius 1 is 1.32 bits per heavy atom. The van der Waals surface area contributed by atoms with Gasteiger partial charge in [-0.05, 0) is 51.5 Å². The summed E-state index contributed by atoms with van der Waals surface area (Å²) in [6.07, 6.45) is 3.61. The van der Waals surface area contributed by atoms with Crippen LogP contribution in [0.1, 0.15) is 59.6 Å². The molecule has 8 heteroatoms. The van der Waals surface area contributed by atoms with E-state index in [1.165, 1.54) is 6.21 Å². The number of carbonyl (C=O) groups is 2. The van der Waals surface area contributed by atoms with Crippen molar-refractivity contribution in [3.05, 3.63) is 53.3 Å². The zero-order chi connectivity index (χ0) is 22.1. The van der Waals surface area contributed by atoms with Gasteiger partial charge in [0.15, 0.2) is 0 Å². The fourth-order valence-corrected chi connectivity index (χ4v) is 3.88. The molecule has 160 valence electrons. The third-order valence-electron chi connectivity index (χ3n) is 5.38. The van der Waals surface area contributed by atoms with E-state index in [4.69, 9.17) is 5.41 Å². The molecule has 0 spiro atoms. The van der Waals surface area contributed by atoms with E-state index in [9.17, 15) is 9.59 Å². The lowest BCUT2D eigenvalue weighted by molar-refractivity contribution is 0.0950. The van der Waals surface area contributed by atoms with Crippen molar-refractivity contribution >= 4 is 40.4 Å². The fraction of sp³-hybridized carbons (Fsp3) is 0.304. The predicted molar refractivity (Wildman–Crippen MR) is 122 cm³/mol. The Labute approximate surface area is 180 Å². The number of fused-ring (bicyclic) bond motifs is 3. The van der Waals surface area contributed by atoms with E-state index in [0.717, 1.165) is 17.3 Å². The maximum Gasteiger partial charge on any atom is 0.267 e. The van der Waals surface area contributed by atoms with Crippen molar-refractivity contribution in [3.8, 4) is 0 Å². The second-order valence-electron chi connectivity index (χ2n) is 8.13. The first-order valence-electron chi connectivity index (χ1n) is 10.4. The van der Waals surface area contributed by atoms with E-state index in [2.05, 4.69) is 27.9 Å². The van der Waals surface area contributed by atoms with Crippen LogP contribution >= 0.6 is 0 Å². The SMILES string of the molecule is CC(C)Nc1ncc(NC(=O)c2ccc3cc4n(c3c2)C(C)CCNC4=O)cc1C=N. The van der Waals surface area contributed by atoms with Crippen molar-refractivity contribution in [1.29, 1.82) is 5.41 Å². The van der Waals surface area contributed by atoms with Gasteiger partial charge < -0.3 is 25.9 Å². The molecule has 4 rings (SSSR count). The topological polar surface area (TPSA) is 112 Å². The van der Waals surface area contributed by atoms with Crippen LogP contribution in [0.25, 0.3) is 10.9 Å². The van der Waals surface area contributed by atoms with Crippen molar-refractivity contribution in [3.63, 3.8) is 0 Å². The first kappa shape index (κ1) is 20.6. The Kier molecular flexibility index (Phi) is 5.46. The molecule has 1 unspecified atom stereocenters. The number of nitrogens with zero attached hydrogens (tertiary/aromatic N) is 2. The minimum atomic E-state index is -0.273. The number of nitrogens with one attached hydrogen (secondary N) is 4. The van der Waals surface area contributed by atoms with Gasteiger partial charge in [-0.1, -0.05) is 6.07 Å². The van der Waals surface area contributed by atoms with Gasteiger partial charge in [0.05, 0.1) is 11.9 Å². The van der Waals surface area contributed by atoms with E-state index in [-0.39, 0.29) is 23.9 Å². The van der Waals surface area contributed by atoms with Gasteiger partial charge in [-0.2, -0.15) is 0 Å². The maximum absolute atomic E-state index is 12.9. The van der Waals surface area contributed by atoms with Gasteiger partial charge in [0.25, 0.3) is 11.8 Å². The monoisotopic (exact) mass is 418 g/mol. The first-order chi connectivity index (χ1) is 14.9. The number of amides is 2. The Morgan fingerprint density at radius 3 is 2.87 bits per heavy atom. The lowest BCUT2D eigenvalue weighted by atomic mass is 10.1. The summed E-state index contributed by atoms with van der Waals surface area (Å²) in [6, 6.07) is 9.35. The molecule has 0 radical (unpaired) electrons.